The number of benzene rings is 2. The van der Waals surface area contributed by atoms with E-state index in [9.17, 15) is 18.5 Å². The largest absolute Gasteiger partial charge is 0.270 e. The van der Waals surface area contributed by atoms with Crippen LogP contribution < -0.4 is 4.72 Å². The van der Waals surface area contributed by atoms with E-state index in [0.717, 1.165) is 6.07 Å². The molecule has 0 radical (unpaired) electrons. The Labute approximate surface area is 150 Å². The maximum absolute atomic E-state index is 12.8. The van der Waals surface area contributed by atoms with Gasteiger partial charge in [0.2, 0.25) is 0 Å². The van der Waals surface area contributed by atoms with E-state index < -0.39 is 14.9 Å². The highest BCUT2D eigenvalue weighted by molar-refractivity contribution is 7.92. The fraction of sp³-hybridized carbons (Fsp3) is 0.118. The number of para-hydroxylation sites is 1. The van der Waals surface area contributed by atoms with Crippen LogP contribution in [0.15, 0.2) is 59.5 Å². The van der Waals surface area contributed by atoms with E-state index in [4.69, 9.17) is 0 Å². The van der Waals surface area contributed by atoms with Gasteiger partial charge in [0.25, 0.3) is 15.7 Å². The molecule has 0 aliphatic heterocycles. The highest BCUT2D eigenvalue weighted by Crippen LogP contribution is 2.25. The number of non-ortho nitro benzene ring substituents is 1. The van der Waals surface area contributed by atoms with Gasteiger partial charge in [-0.05, 0) is 31.5 Å². The van der Waals surface area contributed by atoms with Crippen LogP contribution in [0, 0.1) is 24.0 Å². The van der Waals surface area contributed by atoms with Crippen LogP contribution in [0.25, 0.3) is 5.69 Å². The molecule has 0 amide bonds. The van der Waals surface area contributed by atoms with Crippen LogP contribution in [0.3, 0.4) is 0 Å². The van der Waals surface area contributed by atoms with Crippen molar-refractivity contribution in [1.82, 2.24) is 9.78 Å². The van der Waals surface area contributed by atoms with E-state index in [1.54, 1.807) is 32.0 Å². The van der Waals surface area contributed by atoms with Crippen LogP contribution in [-0.2, 0) is 10.0 Å². The number of nitro groups is 1. The Morgan fingerprint density at radius 1 is 1.08 bits per heavy atom. The number of aryl methyl sites for hydroxylation is 2. The number of nitrogens with one attached hydrogen (secondary N) is 1. The van der Waals surface area contributed by atoms with Crippen molar-refractivity contribution in [3.63, 3.8) is 0 Å². The van der Waals surface area contributed by atoms with Gasteiger partial charge in [0, 0.05) is 18.2 Å². The third-order valence-electron chi connectivity index (χ3n) is 3.74. The monoisotopic (exact) mass is 372 g/mol. The molecule has 0 saturated carbocycles. The van der Waals surface area contributed by atoms with Gasteiger partial charge in [-0.3, -0.25) is 14.8 Å². The molecule has 0 unspecified atom stereocenters. The summed E-state index contributed by atoms with van der Waals surface area (Å²) in [7, 11) is -4.03. The topological polar surface area (TPSA) is 107 Å². The van der Waals surface area contributed by atoms with Gasteiger partial charge in [0.1, 0.15) is 5.82 Å². The van der Waals surface area contributed by atoms with Crippen LogP contribution in [0.1, 0.15) is 11.3 Å². The molecule has 3 aromatic rings. The minimum absolute atomic E-state index is 0.148. The molecule has 0 bridgehead atoms. The molecule has 9 heteroatoms. The maximum atomic E-state index is 12.8. The second-order valence-electron chi connectivity index (χ2n) is 5.73. The summed E-state index contributed by atoms with van der Waals surface area (Å²) < 4.78 is 29.6. The molecule has 2 aromatic carbocycles. The summed E-state index contributed by atoms with van der Waals surface area (Å²) in [4.78, 5) is 10.2. The van der Waals surface area contributed by atoms with Crippen molar-refractivity contribution in [1.29, 1.82) is 0 Å². The number of aromatic nitrogens is 2. The van der Waals surface area contributed by atoms with Crippen molar-refractivity contribution in [3.05, 3.63) is 76.0 Å². The number of hydrogen-bond donors (Lipinski definition) is 1. The first-order valence-corrected chi connectivity index (χ1v) is 9.16. The van der Waals surface area contributed by atoms with Crippen molar-refractivity contribution in [2.24, 2.45) is 0 Å². The highest BCUT2D eigenvalue weighted by atomic mass is 32.2. The first-order chi connectivity index (χ1) is 12.3. The van der Waals surface area contributed by atoms with Crippen LogP contribution >= 0.6 is 0 Å². The van der Waals surface area contributed by atoms with Crippen molar-refractivity contribution in [3.8, 4) is 5.69 Å². The standard InChI is InChI=1S/C17H16N4O4S/c1-12-8-9-15(21(22)23)11-16(12)26(24,25)19-17-10-13(2)18-20(17)14-6-4-3-5-7-14/h3-11,19H,1-2H3. The molecule has 134 valence electrons. The zero-order valence-corrected chi connectivity index (χ0v) is 14.9. The summed E-state index contributed by atoms with van der Waals surface area (Å²) in [6.07, 6.45) is 0. The number of sulfonamides is 1. The van der Waals surface area contributed by atoms with Crippen molar-refractivity contribution in [2.45, 2.75) is 18.7 Å². The van der Waals surface area contributed by atoms with Gasteiger partial charge in [0.05, 0.1) is 21.2 Å². The fourth-order valence-electron chi connectivity index (χ4n) is 2.52. The minimum Gasteiger partial charge on any atom is -0.263 e. The Bertz CT molecular complexity index is 1080. The summed E-state index contributed by atoms with van der Waals surface area (Å²) in [5, 5.41) is 15.3. The lowest BCUT2D eigenvalue weighted by molar-refractivity contribution is -0.385. The van der Waals surface area contributed by atoms with E-state index in [-0.39, 0.29) is 16.4 Å². The third-order valence-corrected chi connectivity index (χ3v) is 5.24. The Balaban J connectivity index is 2.05. The second-order valence-corrected chi connectivity index (χ2v) is 7.38. The molecule has 0 atom stereocenters. The van der Waals surface area contributed by atoms with E-state index in [0.29, 0.717) is 16.9 Å². The zero-order valence-electron chi connectivity index (χ0n) is 14.1. The van der Waals surface area contributed by atoms with Gasteiger partial charge in [-0.25, -0.2) is 13.1 Å². The van der Waals surface area contributed by atoms with Gasteiger partial charge in [0.15, 0.2) is 0 Å². The van der Waals surface area contributed by atoms with Gasteiger partial charge < -0.3 is 0 Å². The summed E-state index contributed by atoms with van der Waals surface area (Å²) in [6.45, 7) is 3.33. The molecule has 26 heavy (non-hydrogen) atoms. The van der Waals surface area contributed by atoms with Gasteiger partial charge in [-0.2, -0.15) is 5.10 Å². The summed E-state index contributed by atoms with van der Waals surface area (Å²) in [5.74, 6) is 0.250. The molecular formula is C17H16N4O4S. The third kappa shape index (κ3) is 3.42. The molecule has 0 aliphatic carbocycles. The van der Waals surface area contributed by atoms with E-state index in [1.807, 2.05) is 18.2 Å². The van der Waals surface area contributed by atoms with Gasteiger partial charge in [-0.15, -0.1) is 0 Å². The number of nitro benzene ring substituents is 1. The van der Waals surface area contributed by atoms with Crippen molar-refractivity contribution >= 4 is 21.5 Å². The van der Waals surface area contributed by atoms with E-state index in [2.05, 4.69) is 9.82 Å². The Hall–Kier alpha value is -3.20. The number of hydrogen-bond acceptors (Lipinski definition) is 5. The molecule has 0 fully saturated rings. The first kappa shape index (κ1) is 17.6. The Kier molecular flexibility index (Phi) is 4.47. The highest BCUT2D eigenvalue weighted by Gasteiger charge is 2.22. The summed E-state index contributed by atoms with van der Waals surface area (Å²) >= 11 is 0. The molecule has 0 aliphatic rings. The summed E-state index contributed by atoms with van der Waals surface area (Å²) in [6, 6.07) is 14.4. The molecular weight excluding hydrogens is 356 g/mol. The summed E-state index contributed by atoms with van der Waals surface area (Å²) in [5.41, 5.74) is 1.44. The lowest BCUT2D eigenvalue weighted by atomic mass is 10.2. The Morgan fingerprint density at radius 3 is 2.42 bits per heavy atom. The van der Waals surface area contributed by atoms with Gasteiger partial charge in [-0.1, -0.05) is 24.3 Å². The number of nitrogens with zero attached hydrogens (tertiary/aromatic N) is 3. The first-order valence-electron chi connectivity index (χ1n) is 7.68. The minimum atomic E-state index is -4.03. The molecule has 0 saturated heterocycles. The van der Waals surface area contributed by atoms with Crippen molar-refractivity contribution in [2.75, 3.05) is 4.72 Å². The molecule has 1 N–H and O–H groups in total. The number of anilines is 1. The SMILES string of the molecule is Cc1cc(NS(=O)(=O)c2cc([N+](=O)[O-])ccc2C)n(-c2ccccc2)n1. The zero-order chi connectivity index (χ0) is 18.9. The maximum Gasteiger partial charge on any atom is 0.270 e. The van der Waals surface area contributed by atoms with E-state index >= 15 is 0 Å². The smallest absolute Gasteiger partial charge is 0.263 e. The second kappa shape index (κ2) is 6.60. The molecule has 3 rings (SSSR count). The average molecular weight is 372 g/mol. The van der Waals surface area contributed by atoms with Crippen LogP contribution in [0.2, 0.25) is 0 Å². The normalized spacial score (nSPS) is 11.3. The predicted octanol–water partition coefficient (Wildman–Crippen LogP) is 3.20. The van der Waals surface area contributed by atoms with Crippen LogP contribution in [0.5, 0.6) is 0 Å². The van der Waals surface area contributed by atoms with Crippen molar-refractivity contribution < 1.29 is 13.3 Å². The lowest BCUT2D eigenvalue weighted by Gasteiger charge is -2.12. The fourth-order valence-corrected chi connectivity index (χ4v) is 3.82. The molecule has 8 nitrogen and oxygen atoms in total. The lowest BCUT2D eigenvalue weighted by Crippen LogP contribution is -2.17. The molecule has 1 aromatic heterocycles. The van der Waals surface area contributed by atoms with Gasteiger partial charge >= 0.3 is 0 Å². The van der Waals surface area contributed by atoms with E-state index in [1.165, 1.54) is 16.8 Å². The molecule has 0 spiro atoms. The Morgan fingerprint density at radius 2 is 1.77 bits per heavy atom. The van der Waals surface area contributed by atoms with Crippen LogP contribution in [0.4, 0.5) is 11.5 Å². The quantitative estimate of drug-likeness (QED) is 0.547. The predicted molar refractivity (Wildman–Crippen MR) is 96.9 cm³/mol. The average Bonchev–Trinajstić information content (AvgIpc) is 2.95. The van der Waals surface area contributed by atoms with Crippen LogP contribution in [-0.4, -0.2) is 23.1 Å². The molecule has 1 heterocycles. The number of rotatable bonds is 5.